The molecule has 1 aromatic carbocycles. The van der Waals surface area contributed by atoms with E-state index in [9.17, 15) is 9.59 Å². The number of fused-ring (bicyclic) bond motifs is 1. The molecule has 1 aliphatic carbocycles. The van der Waals surface area contributed by atoms with Gasteiger partial charge in [0.2, 0.25) is 0 Å². The van der Waals surface area contributed by atoms with Gasteiger partial charge in [0.15, 0.2) is 0 Å². The molecule has 0 spiro atoms. The van der Waals surface area contributed by atoms with E-state index in [1.807, 2.05) is 38.1 Å². The molecular weight excluding hydrogens is 372 g/mol. The standard InChI is InChI=1S/C22H24N2O3S/c1-14-8-10-16(11-9-14)19-15(2)28-21-20(19)22(26)24(13-23-21)12-18(25)27-17-6-4-3-5-7-17/h8-11,13,17H,3-7,12H2,1-2H3. The van der Waals surface area contributed by atoms with Crippen LogP contribution in [-0.4, -0.2) is 21.6 Å². The number of esters is 1. The van der Waals surface area contributed by atoms with Crippen LogP contribution >= 0.6 is 11.3 Å². The van der Waals surface area contributed by atoms with E-state index in [2.05, 4.69) is 4.98 Å². The molecule has 0 amide bonds. The van der Waals surface area contributed by atoms with E-state index < -0.39 is 0 Å². The van der Waals surface area contributed by atoms with E-state index in [1.54, 1.807) is 0 Å². The molecule has 146 valence electrons. The summed E-state index contributed by atoms with van der Waals surface area (Å²) in [6.45, 7) is 3.94. The zero-order valence-electron chi connectivity index (χ0n) is 16.2. The molecule has 2 aromatic heterocycles. The smallest absolute Gasteiger partial charge is 0.326 e. The van der Waals surface area contributed by atoms with Gasteiger partial charge in [0, 0.05) is 10.4 Å². The lowest BCUT2D eigenvalue weighted by Gasteiger charge is -2.21. The number of rotatable bonds is 4. The van der Waals surface area contributed by atoms with Crippen molar-refractivity contribution in [3.05, 3.63) is 51.4 Å². The number of hydrogen-bond donors (Lipinski definition) is 0. The van der Waals surface area contributed by atoms with Gasteiger partial charge in [-0.15, -0.1) is 11.3 Å². The third-order valence-corrected chi connectivity index (χ3v) is 6.36. The monoisotopic (exact) mass is 396 g/mol. The summed E-state index contributed by atoms with van der Waals surface area (Å²) in [6.07, 6.45) is 6.67. The molecule has 28 heavy (non-hydrogen) atoms. The minimum absolute atomic E-state index is 0.0137. The molecule has 6 heteroatoms. The SMILES string of the molecule is Cc1ccc(-c2c(C)sc3ncn(CC(=O)OC4CCCCC4)c(=O)c23)cc1. The maximum atomic E-state index is 13.2. The Bertz CT molecular complexity index is 1060. The average molecular weight is 397 g/mol. The van der Waals surface area contributed by atoms with Crippen LogP contribution in [0.2, 0.25) is 0 Å². The fraction of sp³-hybridized carbons (Fsp3) is 0.409. The van der Waals surface area contributed by atoms with Crippen LogP contribution in [0.15, 0.2) is 35.4 Å². The van der Waals surface area contributed by atoms with Crippen LogP contribution in [0.3, 0.4) is 0 Å². The summed E-state index contributed by atoms with van der Waals surface area (Å²) in [5.41, 5.74) is 2.88. The van der Waals surface area contributed by atoms with E-state index in [0.717, 1.165) is 41.7 Å². The van der Waals surface area contributed by atoms with Gasteiger partial charge in [0.05, 0.1) is 11.7 Å². The molecule has 0 bridgehead atoms. The minimum Gasteiger partial charge on any atom is -0.461 e. The lowest BCUT2D eigenvalue weighted by atomic mass is 9.98. The fourth-order valence-electron chi connectivity index (χ4n) is 3.86. The molecule has 0 saturated heterocycles. The number of aromatic nitrogens is 2. The summed E-state index contributed by atoms with van der Waals surface area (Å²) in [5.74, 6) is -0.362. The molecule has 0 N–H and O–H groups in total. The highest BCUT2D eigenvalue weighted by atomic mass is 32.1. The van der Waals surface area contributed by atoms with Crippen LogP contribution < -0.4 is 5.56 Å². The minimum atomic E-state index is -0.362. The first-order chi connectivity index (χ1) is 13.5. The Balaban J connectivity index is 1.66. The van der Waals surface area contributed by atoms with Crippen molar-refractivity contribution in [1.29, 1.82) is 0 Å². The lowest BCUT2D eigenvalue weighted by molar-refractivity contribution is -0.151. The van der Waals surface area contributed by atoms with Crippen LogP contribution in [0, 0.1) is 13.8 Å². The molecule has 3 aromatic rings. The number of carbonyl (C=O) groups excluding carboxylic acids is 1. The number of benzene rings is 1. The topological polar surface area (TPSA) is 61.2 Å². The van der Waals surface area contributed by atoms with E-state index in [1.165, 1.54) is 34.2 Å². The van der Waals surface area contributed by atoms with Crippen molar-refractivity contribution >= 4 is 27.5 Å². The van der Waals surface area contributed by atoms with Crippen LogP contribution in [0.1, 0.15) is 42.5 Å². The van der Waals surface area contributed by atoms with Gasteiger partial charge in [-0.1, -0.05) is 36.2 Å². The average Bonchev–Trinajstić information content (AvgIpc) is 3.02. The molecule has 0 aliphatic heterocycles. The van der Waals surface area contributed by atoms with Gasteiger partial charge in [-0.2, -0.15) is 0 Å². The largest absolute Gasteiger partial charge is 0.461 e. The zero-order valence-corrected chi connectivity index (χ0v) is 17.1. The van der Waals surface area contributed by atoms with Crippen LogP contribution in [0.5, 0.6) is 0 Å². The number of ether oxygens (including phenoxy) is 1. The third-order valence-electron chi connectivity index (χ3n) is 5.34. The summed E-state index contributed by atoms with van der Waals surface area (Å²) in [7, 11) is 0. The molecule has 1 aliphatic rings. The molecule has 1 fully saturated rings. The molecule has 2 heterocycles. The first kappa shape index (κ1) is 18.9. The molecule has 0 radical (unpaired) electrons. The number of thiophene rings is 1. The Labute approximate surface area is 168 Å². The quantitative estimate of drug-likeness (QED) is 0.604. The lowest BCUT2D eigenvalue weighted by Crippen LogP contribution is -2.28. The second-order valence-corrected chi connectivity index (χ2v) is 8.71. The van der Waals surface area contributed by atoms with Crippen LogP contribution in [0.4, 0.5) is 0 Å². The van der Waals surface area contributed by atoms with E-state index in [-0.39, 0.29) is 24.2 Å². The zero-order chi connectivity index (χ0) is 19.7. The van der Waals surface area contributed by atoms with Crippen LogP contribution in [0.25, 0.3) is 21.3 Å². The van der Waals surface area contributed by atoms with Crippen molar-refractivity contribution in [3.63, 3.8) is 0 Å². The second-order valence-electron chi connectivity index (χ2n) is 7.51. The first-order valence-electron chi connectivity index (χ1n) is 9.78. The maximum Gasteiger partial charge on any atom is 0.326 e. The molecule has 1 saturated carbocycles. The van der Waals surface area contributed by atoms with Crippen molar-refractivity contribution < 1.29 is 9.53 Å². The van der Waals surface area contributed by atoms with E-state index in [4.69, 9.17) is 4.74 Å². The Morgan fingerprint density at radius 3 is 2.61 bits per heavy atom. The molecular formula is C22H24N2O3S. The number of hydrogen-bond acceptors (Lipinski definition) is 5. The van der Waals surface area contributed by atoms with Gasteiger partial charge < -0.3 is 4.74 Å². The predicted molar refractivity (Wildman–Crippen MR) is 112 cm³/mol. The highest BCUT2D eigenvalue weighted by Crippen LogP contribution is 2.35. The highest BCUT2D eigenvalue weighted by Gasteiger charge is 2.20. The summed E-state index contributed by atoms with van der Waals surface area (Å²) < 4.78 is 6.94. The van der Waals surface area contributed by atoms with Gasteiger partial charge >= 0.3 is 5.97 Å². The van der Waals surface area contributed by atoms with Gasteiger partial charge in [-0.25, -0.2) is 4.98 Å². The van der Waals surface area contributed by atoms with Crippen molar-refractivity contribution in [3.8, 4) is 11.1 Å². The van der Waals surface area contributed by atoms with Crippen molar-refractivity contribution in [2.45, 2.75) is 58.6 Å². The predicted octanol–water partition coefficient (Wildman–Crippen LogP) is 4.62. The second kappa shape index (κ2) is 7.87. The number of carbonyl (C=O) groups is 1. The highest BCUT2D eigenvalue weighted by molar-refractivity contribution is 7.19. The van der Waals surface area contributed by atoms with Gasteiger partial charge in [-0.05, 0) is 45.1 Å². The Hall–Kier alpha value is -2.47. The van der Waals surface area contributed by atoms with Gasteiger partial charge in [0.1, 0.15) is 17.5 Å². The Kier molecular flexibility index (Phi) is 5.31. The normalized spacial score (nSPS) is 15.1. The third kappa shape index (κ3) is 3.74. The van der Waals surface area contributed by atoms with Gasteiger partial charge in [-0.3, -0.25) is 14.2 Å². The molecule has 4 rings (SSSR count). The fourth-order valence-corrected chi connectivity index (χ4v) is 4.87. The Morgan fingerprint density at radius 2 is 1.89 bits per heavy atom. The molecule has 0 unspecified atom stereocenters. The van der Waals surface area contributed by atoms with E-state index in [0.29, 0.717) is 10.2 Å². The molecule has 5 nitrogen and oxygen atoms in total. The summed E-state index contributed by atoms with van der Waals surface area (Å²) in [5, 5.41) is 0.583. The molecule has 0 atom stereocenters. The Morgan fingerprint density at radius 1 is 1.18 bits per heavy atom. The van der Waals surface area contributed by atoms with Crippen LogP contribution in [-0.2, 0) is 16.1 Å². The van der Waals surface area contributed by atoms with Crippen molar-refractivity contribution in [1.82, 2.24) is 9.55 Å². The van der Waals surface area contributed by atoms with E-state index >= 15 is 0 Å². The van der Waals surface area contributed by atoms with Gasteiger partial charge in [0.25, 0.3) is 5.56 Å². The summed E-state index contributed by atoms with van der Waals surface area (Å²) in [4.78, 5) is 31.7. The van der Waals surface area contributed by atoms with Crippen molar-refractivity contribution in [2.75, 3.05) is 0 Å². The summed E-state index contributed by atoms with van der Waals surface area (Å²) in [6, 6.07) is 8.12. The first-order valence-corrected chi connectivity index (χ1v) is 10.6. The number of nitrogens with zero attached hydrogens (tertiary/aromatic N) is 2. The maximum absolute atomic E-state index is 13.2. The summed E-state index contributed by atoms with van der Waals surface area (Å²) >= 11 is 1.51. The number of aryl methyl sites for hydroxylation is 2. The van der Waals surface area contributed by atoms with Crippen molar-refractivity contribution in [2.24, 2.45) is 0 Å².